The summed E-state index contributed by atoms with van der Waals surface area (Å²) in [4.78, 5) is 25.2. The van der Waals surface area contributed by atoms with Crippen LogP contribution in [-0.2, 0) is 4.79 Å². The molecule has 5 heteroatoms. The Balaban J connectivity index is 1.66. The van der Waals surface area contributed by atoms with E-state index in [1.54, 1.807) is 24.3 Å². The molecule has 1 aromatic carbocycles. The Morgan fingerprint density at radius 1 is 1.09 bits per heavy atom. The van der Waals surface area contributed by atoms with Gasteiger partial charge in [-0.25, -0.2) is 9.97 Å². The third-order valence-corrected chi connectivity index (χ3v) is 4.45. The van der Waals surface area contributed by atoms with Crippen LogP contribution in [0.4, 0.5) is 11.6 Å². The maximum atomic E-state index is 12.5. The number of aromatic nitrogens is 2. The van der Waals surface area contributed by atoms with Gasteiger partial charge in [0.1, 0.15) is 0 Å². The van der Waals surface area contributed by atoms with Crippen LogP contribution in [0.25, 0.3) is 11.6 Å². The highest BCUT2D eigenvalue weighted by Crippen LogP contribution is 2.36. The minimum absolute atomic E-state index is 0.00909. The van der Waals surface area contributed by atoms with Gasteiger partial charge in [-0.1, -0.05) is 18.2 Å². The number of hydrogen-bond acceptors (Lipinski definition) is 4. The van der Waals surface area contributed by atoms with E-state index in [1.165, 1.54) is 12.8 Å². The van der Waals surface area contributed by atoms with Gasteiger partial charge in [0, 0.05) is 49.2 Å². The van der Waals surface area contributed by atoms with Gasteiger partial charge in [-0.3, -0.25) is 4.79 Å². The molecule has 23 heavy (non-hydrogen) atoms. The zero-order valence-corrected chi connectivity index (χ0v) is 13.1. The summed E-state index contributed by atoms with van der Waals surface area (Å²) in [6.07, 6.45) is 7.86. The van der Waals surface area contributed by atoms with E-state index in [0.29, 0.717) is 5.57 Å². The van der Waals surface area contributed by atoms with Crippen LogP contribution >= 0.6 is 0 Å². The lowest BCUT2D eigenvalue weighted by Crippen LogP contribution is -2.20. The summed E-state index contributed by atoms with van der Waals surface area (Å²) in [5, 5.41) is 0. The number of likely N-dealkylation sites (N-methyl/N-ethyl adjacent to an activating group) is 1. The topological polar surface area (TPSA) is 49.3 Å². The third-order valence-electron chi connectivity index (χ3n) is 4.45. The standard InChI is InChI=1S/C18H18N4O/c1-21-16-7-3-2-6-14(16)15(17(21)23)10-13-11-19-18(20-12-13)22-8-4-5-9-22/h2-3,6-7,10-12H,4-5,8-9H2,1H3/b15-10+. The fourth-order valence-electron chi connectivity index (χ4n) is 3.19. The average Bonchev–Trinajstić information content (AvgIpc) is 3.20. The second-order valence-electron chi connectivity index (χ2n) is 5.95. The van der Waals surface area contributed by atoms with Gasteiger partial charge in [-0.05, 0) is 25.0 Å². The summed E-state index contributed by atoms with van der Waals surface area (Å²) in [6, 6.07) is 7.83. The first-order valence-electron chi connectivity index (χ1n) is 7.90. The molecular weight excluding hydrogens is 288 g/mol. The number of carbonyl (C=O) groups excluding carboxylic acids is 1. The van der Waals surface area contributed by atoms with Crippen molar-refractivity contribution in [1.29, 1.82) is 0 Å². The van der Waals surface area contributed by atoms with Crippen LogP contribution in [0.3, 0.4) is 0 Å². The third kappa shape index (κ3) is 2.38. The zero-order valence-electron chi connectivity index (χ0n) is 13.1. The molecule has 2 aliphatic heterocycles. The number of benzene rings is 1. The van der Waals surface area contributed by atoms with E-state index in [4.69, 9.17) is 0 Å². The molecule has 2 aromatic rings. The Morgan fingerprint density at radius 3 is 2.52 bits per heavy atom. The lowest BCUT2D eigenvalue weighted by Gasteiger charge is -2.14. The molecule has 1 saturated heterocycles. The van der Waals surface area contributed by atoms with Crippen molar-refractivity contribution in [3.8, 4) is 0 Å². The molecule has 0 radical (unpaired) electrons. The van der Waals surface area contributed by atoms with Crippen LogP contribution in [0, 0.1) is 0 Å². The number of hydrogen-bond donors (Lipinski definition) is 0. The van der Waals surface area contributed by atoms with Crippen molar-refractivity contribution in [2.75, 3.05) is 29.9 Å². The average molecular weight is 306 g/mol. The van der Waals surface area contributed by atoms with Crippen molar-refractivity contribution in [2.24, 2.45) is 0 Å². The molecule has 0 saturated carbocycles. The Morgan fingerprint density at radius 2 is 1.78 bits per heavy atom. The van der Waals surface area contributed by atoms with Gasteiger partial charge in [0.15, 0.2) is 0 Å². The molecule has 116 valence electrons. The molecule has 1 fully saturated rings. The van der Waals surface area contributed by atoms with Crippen LogP contribution in [0.2, 0.25) is 0 Å². The van der Waals surface area contributed by atoms with Crippen molar-refractivity contribution in [1.82, 2.24) is 9.97 Å². The van der Waals surface area contributed by atoms with Crippen molar-refractivity contribution in [3.05, 3.63) is 47.8 Å². The zero-order chi connectivity index (χ0) is 15.8. The Kier molecular flexibility index (Phi) is 3.33. The molecule has 1 amide bonds. The fourth-order valence-corrected chi connectivity index (χ4v) is 3.19. The Labute approximate surface area is 135 Å². The maximum absolute atomic E-state index is 12.5. The maximum Gasteiger partial charge on any atom is 0.258 e. The summed E-state index contributed by atoms with van der Waals surface area (Å²) in [6.45, 7) is 2.05. The molecule has 2 aliphatic rings. The van der Waals surface area contributed by atoms with Gasteiger partial charge >= 0.3 is 0 Å². The summed E-state index contributed by atoms with van der Waals surface area (Å²) in [5.74, 6) is 0.787. The van der Waals surface area contributed by atoms with Crippen LogP contribution in [-0.4, -0.2) is 36.0 Å². The summed E-state index contributed by atoms with van der Waals surface area (Å²) < 4.78 is 0. The quantitative estimate of drug-likeness (QED) is 0.800. The van der Waals surface area contributed by atoms with E-state index in [9.17, 15) is 4.79 Å². The second-order valence-corrected chi connectivity index (χ2v) is 5.95. The smallest absolute Gasteiger partial charge is 0.258 e. The molecule has 0 atom stereocenters. The van der Waals surface area contributed by atoms with Gasteiger partial charge in [-0.2, -0.15) is 0 Å². The van der Waals surface area contributed by atoms with Gasteiger partial charge < -0.3 is 9.80 Å². The van der Waals surface area contributed by atoms with Gasteiger partial charge in [0.25, 0.3) is 5.91 Å². The number of rotatable bonds is 2. The molecule has 0 bridgehead atoms. The largest absolute Gasteiger partial charge is 0.341 e. The number of fused-ring (bicyclic) bond motifs is 1. The first kappa shape index (κ1) is 13.9. The van der Waals surface area contributed by atoms with E-state index in [2.05, 4.69) is 14.9 Å². The molecule has 0 aliphatic carbocycles. The molecule has 0 unspecified atom stereocenters. The number of para-hydroxylation sites is 1. The van der Waals surface area contributed by atoms with Crippen molar-refractivity contribution in [2.45, 2.75) is 12.8 Å². The number of carbonyl (C=O) groups is 1. The Bertz CT molecular complexity index is 776. The minimum atomic E-state index is 0.00909. The van der Waals surface area contributed by atoms with Crippen LogP contribution in [0.15, 0.2) is 36.7 Å². The predicted molar refractivity (Wildman–Crippen MR) is 91.2 cm³/mol. The highest BCUT2D eigenvalue weighted by molar-refractivity contribution is 6.35. The van der Waals surface area contributed by atoms with Gasteiger partial charge in [0.05, 0.1) is 5.69 Å². The van der Waals surface area contributed by atoms with E-state index < -0.39 is 0 Å². The van der Waals surface area contributed by atoms with E-state index in [0.717, 1.165) is 35.9 Å². The molecule has 3 heterocycles. The summed E-state index contributed by atoms with van der Waals surface area (Å²) >= 11 is 0. The SMILES string of the molecule is CN1C(=O)/C(=C/c2cnc(N3CCCC3)nc2)c2ccccc21. The molecular formula is C18H18N4O. The minimum Gasteiger partial charge on any atom is -0.341 e. The fraction of sp³-hybridized carbons (Fsp3) is 0.278. The van der Waals surface area contributed by atoms with Crippen LogP contribution < -0.4 is 9.80 Å². The molecule has 5 nitrogen and oxygen atoms in total. The molecule has 1 aromatic heterocycles. The van der Waals surface area contributed by atoms with Crippen molar-refractivity contribution < 1.29 is 4.79 Å². The van der Waals surface area contributed by atoms with Gasteiger partial charge in [-0.15, -0.1) is 0 Å². The second kappa shape index (κ2) is 5.50. The van der Waals surface area contributed by atoms with Gasteiger partial charge in [0.2, 0.25) is 5.95 Å². The Hall–Kier alpha value is -2.69. The predicted octanol–water partition coefficient (Wildman–Crippen LogP) is 2.59. The highest BCUT2D eigenvalue weighted by atomic mass is 16.2. The van der Waals surface area contributed by atoms with E-state index in [1.807, 2.05) is 30.3 Å². The van der Waals surface area contributed by atoms with E-state index >= 15 is 0 Å². The van der Waals surface area contributed by atoms with Crippen molar-refractivity contribution in [3.63, 3.8) is 0 Å². The lowest BCUT2D eigenvalue weighted by molar-refractivity contribution is -0.112. The lowest BCUT2D eigenvalue weighted by atomic mass is 10.1. The first-order valence-corrected chi connectivity index (χ1v) is 7.90. The highest BCUT2D eigenvalue weighted by Gasteiger charge is 2.29. The summed E-state index contributed by atoms with van der Waals surface area (Å²) in [5.41, 5.74) is 3.45. The summed E-state index contributed by atoms with van der Waals surface area (Å²) in [7, 11) is 1.80. The number of anilines is 2. The normalized spacial score (nSPS) is 18.8. The monoisotopic (exact) mass is 306 g/mol. The van der Waals surface area contributed by atoms with Crippen LogP contribution in [0.1, 0.15) is 24.0 Å². The molecule has 0 N–H and O–H groups in total. The molecule has 0 spiro atoms. The van der Waals surface area contributed by atoms with Crippen LogP contribution in [0.5, 0.6) is 0 Å². The number of nitrogens with zero attached hydrogens (tertiary/aromatic N) is 4. The van der Waals surface area contributed by atoms with Crippen molar-refractivity contribution >= 4 is 29.2 Å². The van der Waals surface area contributed by atoms with E-state index in [-0.39, 0.29) is 5.91 Å². The first-order chi connectivity index (χ1) is 11.2. The molecule has 4 rings (SSSR count). The number of amides is 1.